The highest BCUT2D eigenvalue weighted by atomic mass is 19.4. The second-order valence-corrected chi connectivity index (χ2v) is 4.34. The highest BCUT2D eigenvalue weighted by molar-refractivity contribution is 5.75. The maximum atomic E-state index is 12.5. The van der Waals surface area contributed by atoms with Gasteiger partial charge in [-0.2, -0.15) is 13.2 Å². The Hall–Kier alpha value is -1.85. The Kier molecular flexibility index (Phi) is 2.88. The quantitative estimate of drug-likeness (QED) is 0.852. The van der Waals surface area contributed by atoms with E-state index in [1.54, 1.807) is 13.8 Å². The van der Waals surface area contributed by atoms with E-state index in [4.69, 9.17) is 0 Å². The normalized spacial score (nSPS) is 12.3. The monoisotopic (exact) mass is 256 g/mol. The Labute approximate surface area is 101 Å². The molecule has 0 saturated heterocycles. The van der Waals surface area contributed by atoms with Crippen molar-refractivity contribution in [1.29, 1.82) is 0 Å². The SMILES string of the molecule is CC(C)c1nc2ccc(C(F)(F)F)cc2[nH]c1=O. The molecule has 1 heterocycles. The number of aromatic nitrogens is 2. The molecule has 0 aliphatic carbocycles. The number of nitrogens with one attached hydrogen (secondary N) is 1. The summed E-state index contributed by atoms with van der Waals surface area (Å²) < 4.78 is 37.5. The van der Waals surface area contributed by atoms with Gasteiger partial charge in [-0.3, -0.25) is 4.79 Å². The molecule has 0 atom stereocenters. The summed E-state index contributed by atoms with van der Waals surface area (Å²) in [4.78, 5) is 18.2. The maximum absolute atomic E-state index is 12.5. The van der Waals surface area contributed by atoms with Crippen molar-refractivity contribution in [1.82, 2.24) is 9.97 Å². The molecule has 0 radical (unpaired) electrons. The molecular weight excluding hydrogens is 245 g/mol. The smallest absolute Gasteiger partial charge is 0.319 e. The number of nitrogens with zero attached hydrogens (tertiary/aromatic N) is 1. The number of benzene rings is 1. The molecule has 1 N–H and O–H groups in total. The van der Waals surface area contributed by atoms with E-state index >= 15 is 0 Å². The van der Waals surface area contributed by atoms with Gasteiger partial charge >= 0.3 is 6.18 Å². The lowest BCUT2D eigenvalue weighted by Gasteiger charge is -2.09. The van der Waals surface area contributed by atoms with Crippen LogP contribution >= 0.6 is 0 Å². The topological polar surface area (TPSA) is 45.8 Å². The van der Waals surface area contributed by atoms with E-state index < -0.39 is 17.3 Å². The summed E-state index contributed by atoms with van der Waals surface area (Å²) in [5.41, 5.74) is -0.477. The van der Waals surface area contributed by atoms with Gasteiger partial charge in [0.05, 0.1) is 16.6 Å². The van der Waals surface area contributed by atoms with E-state index in [0.29, 0.717) is 11.2 Å². The van der Waals surface area contributed by atoms with Crippen molar-refractivity contribution < 1.29 is 13.2 Å². The van der Waals surface area contributed by atoms with E-state index in [1.807, 2.05) is 0 Å². The molecule has 2 rings (SSSR count). The highest BCUT2D eigenvalue weighted by Gasteiger charge is 2.30. The summed E-state index contributed by atoms with van der Waals surface area (Å²) in [6, 6.07) is 3.12. The summed E-state index contributed by atoms with van der Waals surface area (Å²) in [6.07, 6.45) is -4.43. The molecule has 0 aliphatic rings. The highest BCUT2D eigenvalue weighted by Crippen LogP contribution is 2.30. The number of alkyl halides is 3. The van der Waals surface area contributed by atoms with Gasteiger partial charge in [-0.1, -0.05) is 13.8 Å². The zero-order valence-corrected chi connectivity index (χ0v) is 9.80. The van der Waals surface area contributed by atoms with Gasteiger partial charge in [0.15, 0.2) is 0 Å². The van der Waals surface area contributed by atoms with Crippen LogP contribution in [0, 0.1) is 0 Å². The molecule has 18 heavy (non-hydrogen) atoms. The lowest BCUT2D eigenvalue weighted by atomic mass is 10.1. The van der Waals surface area contributed by atoms with Crippen LogP contribution in [0.5, 0.6) is 0 Å². The van der Waals surface area contributed by atoms with Crippen LogP contribution in [-0.4, -0.2) is 9.97 Å². The standard InChI is InChI=1S/C12H11F3N2O/c1-6(2)10-11(18)17-9-5-7(12(13,14)15)3-4-8(9)16-10/h3-6H,1-2H3,(H,17,18). The van der Waals surface area contributed by atoms with Crippen molar-refractivity contribution in [3.63, 3.8) is 0 Å². The molecule has 6 heteroatoms. The Morgan fingerprint density at radius 1 is 1.28 bits per heavy atom. The molecule has 1 aromatic heterocycles. The number of H-pyrrole nitrogens is 1. The van der Waals surface area contributed by atoms with E-state index in [0.717, 1.165) is 12.1 Å². The molecule has 0 saturated carbocycles. The van der Waals surface area contributed by atoms with Crippen LogP contribution < -0.4 is 5.56 Å². The summed E-state index contributed by atoms with van der Waals surface area (Å²) in [6.45, 7) is 3.60. The first-order valence-corrected chi connectivity index (χ1v) is 5.40. The molecule has 1 aromatic carbocycles. The van der Waals surface area contributed by atoms with Crippen LogP contribution in [-0.2, 0) is 6.18 Å². The van der Waals surface area contributed by atoms with Gasteiger partial charge in [-0.05, 0) is 18.2 Å². The van der Waals surface area contributed by atoms with Crippen molar-refractivity contribution in [2.75, 3.05) is 0 Å². The Bertz CT molecular complexity index is 644. The van der Waals surface area contributed by atoms with Crippen molar-refractivity contribution in [3.8, 4) is 0 Å². The average Bonchev–Trinajstić information content (AvgIpc) is 2.25. The second kappa shape index (κ2) is 4.12. The van der Waals surface area contributed by atoms with Crippen molar-refractivity contribution in [3.05, 3.63) is 39.8 Å². The maximum Gasteiger partial charge on any atom is 0.416 e. The van der Waals surface area contributed by atoms with Gasteiger partial charge in [-0.15, -0.1) is 0 Å². The predicted molar refractivity (Wildman–Crippen MR) is 61.5 cm³/mol. The van der Waals surface area contributed by atoms with Crippen LogP contribution in [0.1, 0.15) is 31.0 Å². The summed E-state index contributed by atoms with van der Waals surface area (Å²) >= 11 is 0. The van der Waals surface area contributed by atoms with Gasteiger partial charge in [-0.25, -0.2) is 4.98 Å². The zero-order valence-electron chi connectivity index (χ0n) is 9.80. The molecule has 0 spiro atoms. The fraction of sp³-hybridized carbons (Fsp3) is 0.333. The molecule has 96 valence electrons. The minimum absolute atomic E-state index is 0.0829. The third kappa shape index (κ3) is 2.23. The number of rotatable bonds is 1. The number of hydrogen-bond donors (Lipinski definition) is 1. The summed E-state index contributed by atoms with van der Waals surface area (Å²) in [7, 11) is 0. The Morgan fingerprint density at radius 3 is 2.50 bits per heavy atom. The third-order valence-corrected chi connectivity index (χ3v) is 2.59. The number of hydrogen-bond acceptors (Lipinski definition) is 2. The largest absolute Gasteiger partial charge is 0.416 e. The lowest BCUT2D eigenvalue weighted by molar-refractivity contribution is -0.137. The number of fused-ring (bicyclic) bond motifs is 1. The molecule has 2 aromatic rings. The fourth-order valence-electron chi connectivity index (χ4n) is 1.67. The first-order chi connectivity index (χ1) is 8.29. The van der Waals surface area contributed by atoms with Crippen molar-refractivity contribution in [2.45, 2.75) is 25.9 Å². The zero-order chi connectivity index (χ0) is 13.5. The Morgan fingerprint density at radius 2 is 1.94 bits per heavy atom. The van der Waals surface area contributed by atoms with Crippen LogP contribution in [0.4, 0.5) is 13.2 Å². The third-order valence-electron chi connectivity index (χ3n) is 2.59. The minimum atomic E-state index is -4.43. The van der Waals surface area contributed by atoms with Gasteiger partial charge in [0.25, 0.3) is 5.56 Å². The van der Waals surface area contributed by atoms with Crippen LogP contribution in [0.15, 0.2) is 23.0 Å². The molecular formula is C12H11F3N2O. The molecule has 3 nitrogen and oxygen atoms in total. The van der Waals surface area contributed by atoms with E-state index in [2.05, 4.69) is 9.97 Å². The summed E-state index contributed by atoms with van der Waals surface area (Å²) in [5, 5.41) is 0. The number of halogens is 3. The van der Waals surface area contributed by atoms with Crippen LogP contribution in [0.25, 0.3) is 11.0 Å². The average molecular weight is 256 g/mol. The van der Waals surface area contributed by atoms with E-state index in [1.165, 1.54) is 6.07 Å². The van der Waals surface area contributed by atoms with Crippen molar-refractivity contribution >= 4 is 11.0 Å². The van der Waals surface area contributed by atoms with Gasteiger partial charge in [0.2, 0.25) is 0 Å². The first kappa shape index (κ1) is 12.6. The van der Waals surface area contributed by atoms with Crippen LogP contribution in [0.2, 0.25) is 0 Å². The molecule has 0 bridgehead atoms. The molecule has 0 aliphatic heterocycles. The van der Waals surface area contributed by atoms with Gasteiger partial charge in [0, 0.05) is 5.92 Å². The second-order valence-electron chi connectivity index (χ2n) is 4.34. The molecule has 0 fully saturated rings. The first-order valence-electron chi connectivity index (χ1n) is 5.40. The number of aromatic amines is 1. The van der Waals surface area contributed by atoms with Crippen molar-refractivity contribution in [2.24, 2.45) is 0 Å². The van der Waals surface area contributed by atoms with Crippen LogP contribution in [0.3, 0.4) is 0 Å². The Balaban J connectivity index is 2.67. The molecule has 0 unspecified atom stereocenters. The minimum Gasteiger partial charge on any atom is -0.319 e. The molecule has 0 amide bonds. The van der Waals surface area contributed by atoms with Gasteiger partial charge < -0.3 is 4.98 Å². The lowest BCUT2D eigenvalue weighted by Crippen LogP contribution is -2.16. The predicted octanol–water partition coefficient (Wildman–Crippen LogP) is 3.07. The van der Waals surface area contributed by atoms with Gasteiger partial charge in [0.1, 0.15) is 5.69 Å². The van der Waals surface area contributed by atoms with E-state index in [-0.39, 0.29) is 11.4 Å². The fourth-order valence-corrected chi connectivity index (χ4v) is 1.67. The van der Waals surface area contributed by atoms with E-state index in [9.17, 15) is 18.0 Å². The summed E-state index contributed by atoms with van der Waals surface area (Å²) in [5.74, 6) is -0.0829.